The number of hydrogen-bond acceptors (Lipinski definition) is 2. The molecule has 0 aliphatic heterocycles. The number of fused-ring (bicyclic) bond motifs is 2. The highest BCUT2D eigenvalue weighted by Crippen LogP contribution is 2.34. The molecule has 4 nitrogen and oxygen atoms in total. The highest BCUT2D eigenvalue weighted by Gasteiger charge is 2.25. The van der Waals surface area contributed by atoms with Gasteiger partial charge in [-0.05, 0) is 47.1 Å². The summed E-state index contributed by atoms with van der Waals surface area (Å²) in [7, 11) is 0. The summed E-state index contributed by atoms with van der Waals surface area (Å²) in [5, 5.41) is 18.2. The van der Waals surface area contributed by atoms with Gasteiger partial charge < -0.3 is 10.2 Å². The third-order valence-corrected chi connectivity index (χ3v) is 4.43. The standard InChI is InChI=1S/C20H18O4/c21-19(22)18(20(23)24)12-11-17-15-7-3-1-5-13(15)9-10-14-6-2-4-8-16(14)17/h1-8,11,18H,9-10,12H2,(H,21,22)(H,23,24). The Morgan fingerprint density at radius 3 is 1.79 bits per heavy atom. The minimum absolute atomic E-state index is 0.0390. The number of carboxylic acid groups (broad SMARTS) is 2. The van der Waals surface area contributed by atoms with Crippen LogP contribution in [0.1, 0.15) is 28.7 Å². The van der Waals surface area contributed by atoms with E-state index in [0.717, 1.165) is 29.5 Å². The van der Waals surface area contributed by atoms with Crippen LogP contribution in [0, 0.1) is 5.92 Å². The predicted molar refractivity (Wildman–Crippen MR) is 90.7 cm³/mol. The number of aliphatic carboxylic acids is 2. The van der Waals surface area contributed by atoms with Gasteiger partial charge in [-0.15, -0.1) is 0 Å². The minimum atomic E-state index is -1.43. The van der Waals surface area contributed by atoms with Crippen LogP contribution < -0.4 is 0 Å². The molecule has 0 atom stereocenters. The molecule has 2 N–H and O–H groups in total. The van der Waals surface area contributed by atoms with Crippen molar-refractivity contribution < 1.29 is 19.8 Å². The zero-order valence-electron chi connectivity index (χ0n) is 13.1. The van der Waals surface area contributed by atoms with Gasteiger partial charge in [-0.2, -0.15) is 0 Å². The first-order valence-corrected chi connectivity index (χ1v) is 7.90. The fourth-order valence-corrected chi connectivity index (χ4v) is 3.18. The van der Waals surface area contributed by atoms with Gasteiger partial charge in [-0.25, -0.2) is 0 Å². The van der Waals surface area contributed by atoms with Gasteiger partial charge in [0.05, 0.1) is 0 Å². The molecule has 0 bridgehead atoms. The Hall–Kier alpha value is -2.88. The van der Waals surface area contributed by atoms with Crippen LogP contribution in [0.15, 0.2) is 54.6 Å². The smallest absolute Gasteiger partial charge is 0.318 e. The van der Waals surface area contributed by atoms with Crippen molar-refractivity contribution in [2.45, 2.75) is 19.3 Å². The van der Waals surface area contributed by atoms with Gasteiger partial charge in [0.25, 0.3) is 0 Å². The molecule has 0 fully saturated rings. The topological polar surface area (TPSA) is 74.6 Å². The Morgan fingerprint density at radius 2 is 1.33 bits per heavy atom. The van der Waals surface area contributed by atoms with E-state index in [4.69, 9.17) is 10.2 Å². The van der Waals surface area contributed by atoms with Crippen molar-refractivity contribution in [1.29, 1.82) is 0 Å². The Kier molecular flexibility index (Phi) is 4.47. The molecule has 2 aromatic rings. The second-order valence-electron chi connectivity index (χ2n) is 5.90. The highest BCUT2D eigenvalue weighted by molar-refractivity contribution is 5.93. The first kappa shape index (κ1) is 16.0. The van der Waals surface area contributed by atoms with Crippen LogP contribution in [0.2, 0.25) is 0 Å². The van der Waals surface area contributed by atoms with Gasteiger partial charge in [0.1, 0.15) is 0 Å². The second kappa shape index (κ2) is 6.71. The maximum atomic E-state index is 11.2. The lowest BCUT2D eigenvalue weighted by Crippen LogP contribution is -2.22. The van der Waals surface area contributed by atoms with Crippen molar-refractivity contribution in [3.05, 3.63) is 76.9 Å². The van der Waals surface area contributed by atoms with Crippen LogP contribution in [0.3, 0.4) is 0 Å². The molecule has 0 heterocycles. The Balaban J connectivity index is 2.10. The summed E-state index contributed by atoms with van der Waals surface area (Å²) in [5.41, 5.74) is 5.42. The number of carbonyl (C=O) groups is 2. The normalized spacial score (nSPS) is 13.0. The maximum Gasteiger partial charge on any atom is 0.318 e. The minimum Gasteiger partial charge on any atom is -0.481 e. The third kappa shape index (κ3) is 3.08. The van der Waals surface area contributed by atoms with Crippen LogP contribution >= 0.6 is 0 Å². The van der Waals surface area contributed by atoms with Gasteiger partial charge in [-0.3, -0.25) is 9.59 Å². The van der Waals surface area contributed by atoms with E-state index in [1.807, 2.05) is 36.4 Å². The van der Waals surface area contributed by atoms with E-state index in [9.17, 15) is 9.59 Å². The lowest BCUT2D eigenvalue weighted by atomic mass is 9.91. The lowest BCUT2D eigenvalue weighted by molar-refractivity contribution is -0.154. The number of allylic oxidation sites excluding steroid dienone is 1. The van der Waals surface area contributed by atoms with E-state index in [1.54, 1.807) is 6.08 Å². The van der Waals surface area contributed by atoms with E-state index in [1.165, 1.54) is 11.1 Å². The third-order valence-electron chi connectivity index (χ3n) is 4.43. The summed E-state index contributed by atoms with van der Waals surface area (Å²) in [6.45, 7) is 0. The first-order valence-electron chi connectivity index (χ1n) is 7.90. The Bertz CT molecular complexity index is 756. The van der Waals surface area contributed by atoms with Crippen LogP contribution in [0.4, 0.5) is 0 Å². The van der Waals surface area contributed by atoms with Gasteiger partial charge in [0.2, 0.25) is 0 Å². The SMILES string of the molecule is O=C(O)C(CC=C1c2ccccc2CCc2ccccc21)C(=O)O. The molecule has 0 spiro atoms. The number of rotatable bonds is 4. The highest BCUT2D eigenvalue weighted by atomic mass is 16.4. The average molecular weight is 322 g/mol. The van der Waals surface area contributed by atoms with Crippen molar-refractivity contribution in [2.75, 3.05) is 0 Å². The number of aryl methyl sites for hydroxylation is 2. The quantitative estimate of drug-likeness (QED) is 0.846. The lowest BCUT2D eigenvalue weighted by Gasteiger charge is -2.13. The van der Waals surface area contributed by atoms with Gasteiger partial charge in [-0.1, -0.05) is 54.6 Å². The van der Waals surface area contributed by atoms with Crippen molar-refractivity contribution in [1.82, 2.24) is 0 Å². The molecule has 1 aliphatic carbocycles. The summed E-state index contributed by atoms with van der Waals surface area (Å²) in [6, 6.07) is 16.0. The Labute approximate surface area is 140 Å². The summed E-state index contributed by atoms with van der Waals surface area (Å²) in [4.78, 5) is 22.3. The predicted octanol–water partition coefficient (Wildman–Crippen LogP) is 3.39. The van der Waals surface area contributed by atoms with Crippen molar-refractivity contribution in [3.63, 3.8) is 0 Å². The van der Waals surface area contributed by atoms with Gasteiger partial charge >= 0.3 is 11.9 Å². The van der Waals surface area contributed by atoms with Crippen molar-refractivity contribution in [2.24, 2.45) is 5.92 Å². The van der Waals surface area contributed by atoms with Crippen molar-refractivity contribution >= 4 is 17.5 Å². The molecule has 0 radical (unpaired) electrons. The molecule has 0 saturated carbocycles. The second-order valence-corrected chi connectivity index (χ2v) is 5.90. The molecule has 24 heavy (non-hydrogen) atoms. The molecule has 0 amide bonds. The van der Waals surface area contributed by atoms with Crippen molar-refractivity contribution in [3.8, 4) is 0 Å². The number of benzene rings is 2. The molecule has 1 aliphatic rings. The Morgan fingerprint density at radius 1 is 0.875 bits per heavy atom. The zero-order valence-corrected chi connectivity index (χ0v) is 13.1. The van der Waals surface area contributed by atoms with E-state index in [2.05, 4.69) is 12.1 Å². The summed E-state index contributed by atoms with van der Waals surface area (Å²) < 4.78 is 0. The molecule has 122 valence electrons. The summed E-state index contributed by atoms with van der Waals surface area (Å²) in [5.74, 6) is -4.05. The monoisotopic (exact) mass is 322 g/mol. The fourth-order valence-electron chi connectivity index (χ4n) is 3.18. The molecule has 0 aromatic heterocycles. The number of hydrogen-bond donors (Lipinski definition) is 2. The fraction of sp³-hybridized carbons (Fsp3) is 0.200. The van der Waals surface area contributed by atoms with Crippen LogP contribution in [-0.4, -0.2) is 22.2 Å². The molecular weight excluding hydrogens is 304 g/mol. The molecule has 3 rings (SSSR count). The van der Waals surface area contributed by atoms with E-state index in [-0.39, 0.29) is 6.42 Å². The number of carboxylic acids is 2. The zero-order chi connectivity index (χ0) is 17.1. The molecule has 4 heteroatoms. The van der Waals surface area contributed by atoms with E-state index >= 15 is 0 Å². The maximum absolute atomic E-state index is 11.2. The first-order chi connectivity index (χ1) is 11.6. The van der Waals surface area contributed by atoms with Crippen LogP contribution in [0.25, 0.3) is 5.57 Å². The largest absolute Gasteiger partial charge is 0.481 e. The average Bonchev–Trinajstić information content (AvgIpc) is 2.72. The van der Waals surface area contributed by atoms with Crippen LogP contribution in [-0.2, 0) is 22.4 Å². The van der Waals surface area contributed by atoms with E-state index in [0.29, 0.717) is 0 Å². The summed E-state index contributed by atoms with van der Waals surface area (Å²) in [6.07, 6.45) is 3.54. The summed E-state index contributed by atoms with van der Waals surface area (Å²) >= 11 is 0. The molecule has 0 unspecified atom stereocenters. The van der Waals surface area contributed by atoms with Gasteiger partial charge in [0, 0.05) is 0 Å². The van der Waals surface area contributed by atoms with E-state index < -0.39 is 17.9 Å². The van der Waals surface area contributed by atoms with Crippen LogP contribution in [0.5, 0.6) is 0 Å². The molecule has 2 aromatic carbocycles. The van der Waals surface area contributed by atoms with Gasteiger partial charge in [0.15, 0.2) is 5.92 Å². The molecule has 0 saturated heterocycles. The molecular formula is C20H18O4.